The Labute approximate surface area is 89.8 Å². The van der Waals surface area contributed by atoms with Gasteiger partial charge in [-0.15, -0.1) is 0 Å². The van der Waals surface area contributed by atoms with Crippen molar-refractivity contribution in [1.29, 1.82) is 0 Å². The molecule has 4 nitrogen and oxygen atoms in total. The number of guanidine groups is 1. The van der Waals surface area contributed by atoms with E-state index >= 15 is 0 Å². The highest BCUT2D eigenvalue weighted by atomic mass is 15.3. The lowest BCUT2D eigenvalue weighted by Crippen LogP contribution is -2.29. The summed E-state index contributed by atoms with van der Waals surface area (Å²) in [6.07, 6.45) is 0. The van der Waals surface area contributed by atoms with E-state index in [-0.39, 0.29) is 0 Å². The molecule has 0 fully saturated rings. The number of likely N-dealkylation sites (N-methyl/N-ethyl adjacent to an activating group) is 1. The van der Waals surface area contributed by atoms with E-state index in [9.17, 15) is 0 Å². The van der Waals surface area contributed by atoms with Gasteiger partial charge in [0.1, 0.15) is 0 Å². The van der Waals surface area contributed by atoms with E-state index in [1.54, 1.807) is 0 Å². The van der Waals surface area contributed by atoms with Gasteiger partial charge in [-0.1, -0.05) is 12.1 Å². The summed E-state index contributed by atoms with van der Waals surface area (Å²) in [6, 6.07) is 8.10. The molecule has 1 heterocycles. The molecule has 15 heavy (non-hydrogen) atoms. The molecule has 4 heteroatoms. The van der Waals surface area contributed by atoms with E-state index in [1.807, 2.05) is 31.3 Å². The van der Waals surface area contributed by atoms with Gasteiger partial charge in [0.15, 0.2) is 5.96 Å². The van der Waals surface area contributed by atoms with Gasteiger partial charge in [0.2, 0.25) is 0 Å². The van der Waals surface area contributed by atoms with Crippen LogP contribution in [0.2, 0.25) is 0 Å². The lowest BCUT2D eigenvalue weighted by atomic mass is 10.2. The third kappa shape index (κ3) is 2.27. The summed E-state index contributed by atoms with van der Waals surface area (Å²) < 4.78 is 0. The van der Waals surface area contributed by atoms with Crippen molar-refractivity contribution in [2.45, 2.75) is 6.54 Å². The molecule has 1 aliphatic rings. The number of benzene rings is 1. The summed E-state index contributed by atoms with van der Waals surface area (Å²) in [7, 11) is 2.03. The van der Waals surface area contributed by atoms with Crippen LogP contribution in [0, 0.1) is 0 Å². The van der Waals surface area contributed by atoms with Crippen LogP contribution in [0.3, 0.4) is 0 Å². The summed E-state index contributed by atoms with van der Waals surface area (Å²) in [6.45, 7) is 2.45. The number of hydrogen-bond donors (Lipinski definition) is 2. The normalized spacial score (nSPS) is 15.3. The van der Waals surface area contributed by atoms with Gasteiger partial charge >= 0.3 is 0 Å². The largest absolute Gasteiger partial charge is 0.344 e. The number of aliphatic imine (C=N–C) groups is 1. The van der Waals surface area contributed by atoms with Gasteiger partial charge in [-0.25, -0.2) is 0 Å². The van der Waals surface area contributed by atoms with Crippen molar-refractivity contribution < 1.29 is 0 Å². The number of nitrogens with zero attached hydrogens (tertiary/aromatic N) is 2. The van der Waals surface area contributed by atoms with Crippen LogP contribution in [0.1, 0.15) is 5.56 Å². The Balaban J connectivity index is 2.04. The van der Waals surface area contributed by atoms with Crippen molar-refractivity contribution in [2.24, 2.45) is 10.7 Å². The summed E-state index contributed by atoms with van der Waals surface area (Å²) in [4.78, 5) is 6.47. The van der Waals surface area contributed by atoms with Gasteiger partial charge in [-0.05, 0) is 17.7 Å². The molecule has 1 aliphatic heterocycles. The van der Waals surface area contributed by atoms with Gasteiger partial charge in [-0.3, -0.25) is 4.99 Å². The Morgan fingerprint density at radius 3 is 2.67 bits per heavy atom. The standard InChI is InChI=1S/C11H16N4/c1-15-7-6-13-11(15)14-10-4-2-9(8-12)3-5-10/h2-5H,6-8,12H2,1H3,(H,13,14). The molecule has 1 aromatic rings. The molecular weight excluding hydrogens is 188 g/mol. The van der Waals surface area contributed by atoms with E-state index in [0.717, 1.165) is 30.3 Å². The lowest BCUT2D eigenvalue weighted by molar-refractivity contribution is 0.555. The second-order valence-electron chi connectivity index (χ2n) is 3.65. The zero-order valence-electron chi connectivity index (χ0n) is 8.90. The first kappa shape index (κ1) is 9.98. The molecule has 0 radical (unpaired) electrons. The Kier molecular flexibility index (Phi) is 2.87. The number of rotatable bonds is 2. The first-order chi connectivity index (χ1) is 7.29. The predicted molar refractivity (Wildman–Crippen MR) is 62.9 cm³/mol. The first-order valence-corrected chi connectivity index (χ1v) is 5.11. The quantitative estimate of drug-likeness (QED) is 0.751. The van der Waals surface area contributed by atoms with E-state index < -0.39 is 0 Å². The highest BCUT2D eigenvalue weighted by molar-refractivity contribution is 5.94. The molecule has 80 valence electrons. The minimum atomic E-state index is 0.584. The molecule has 0 amide bonds. The lowest BCUT2D eigenvalue weighted by Gasteiger charge is -2.15. The SMILES string of the molecule is CN1CCN=C1Nc1ccc(CN)cc1. The van der Waals surface area contributed by atoms with Crippen molar-refractivity contribution >= 4 is 11.6 Å². The zero-order valence-corrected chi connectivity index (χ0v) is 8.90. The Morgan fingerprint density at radius 1 is 1.40 bits per heavy atom. The van der Waals surface area contributed by atoms with Gasteiger partial charge in [0.05, 0.1) is 6.54 Å². The predicted octanol–water partition coefficient (Wildman–Crippen LogP) is 0.859. The summed E-state index contributed by atoms with van der Waals surface area (Å²) in [5, 5.41) is 3.28. The third-order valence-corrected chi connectivity index (χ3v) is 2.50. The van der Waals surface area contributed by atoms with Crippen molar-refractivity contribution in [3.05, 3.63) is 29.8 Å². The molecule has 0 unspecified atom stereocenters. The van der Waals surface area contributed by atoms with Crippen molar-refractivity contribution in [1.82, 2.24) is 4.90 Å². The molecule has 0 saturated carbocycles. The second kappa shape index (κ2) is 4.31. The van der Waals surface area contributed by atoms with Gasteiger partial charge in [-0.2, -0.15) is 0 Å². The number of anilines is 1. The molecule has 0 aromatic heterocycles. The van der Waals surface area contributed by atoms with Crippen LogP contribution >= 0.6 is 0 Å². The maximum Gasteiger partial charge on any atom is 0.198 e. The van der Waals surface area contributed by atoms with Crippen LogP contribution in [0.5, 0.6) is 0 Å². The molecule has 2 rings (SSSR count). The van der Waals surface area contributed by atoms with Crippen LogP contribution in [0.15, 0.2) is 29.3 Å². The first-order valence-electron chi connectivity index (χ1n) is 5.11. The third-order valence-electron chi connectivity index (χ3n) is 2.50. The smallest absolute Gasteiger partial charge is 0.198 e. The highest BCUT2D eigenvalue weighted by Gasteiger charge is 2.11. The van der Waals surface area contributed by atoms with E-state index in [0.29, 0.717) is 6.54 Å². The fraction of sp³-hybridized carbons (Fsp3) is 0.364. The molecule has 0 saturated heterocycles. The summed E-state index contributed by atoms with van der Waals surface area (Å²) >= 11 is 0. The second-order valence-corrected chi connectivity index (χ2v) is 3.65. The minimum Gasteiger partial charge on any atom is -0.344 e. The summed E-state index contributed by atoms with van der Waals surface area (Å²) in [5.74, 6) is 0.940. The Bertz CT molecular complexity index is 355. The Hall–Kier alpha value is -1.55. The monoisotopic (exact) mass is 204 g/mol. The Morgan fingerprint density at radius 2 is 2.13 bits per heavy atom. The van der Waals surface area contributed by atoms with Crippen molar-refractivity contribution in [2.75, 3.05) is 25.5 Å². The number of hydrogen-bond acceptors (Lipinski definition) is 4. The highest BCUT2D eigenvalue weighted by Crippen LogP contribution is 2.11. The van der Waals surface area contributed by atoms with E-state index in [1.165, 1.54) is 0 Å². The topological polar surface area (TPSA) is 53.6 Å². The van der Waals surface area contributed by atoms with Gasteiger partial charge in [0, 0.05) is 25.8 Å². The van der Waals surface area contributed by atoms with Crippen LogP contribution < -0.4 is 11.1 Å². The average molecular weight is 204 g/mol. The van der Waals surface area contributed by atoms with Gasteiger partial charge in [0.25, 0.3) is 0 Å². The van der Waals surface area contributed by atoms with Crippen LogP contribution in [-0.2, 0) is 6.54 Å². The maximum atomic E-state index is 5.53. The van der Waals surface area contributed by atoms with Crippen molar-refractivity contribution in [3.63, 3.8) is 0 Å². The van der Waals surface area contributed by atoms with Crippen LogP contribution in [0.4, 0.5) is 5.69 Å². The molecule has 0 spiro atoms. The zero-order chi connectivity index (χ0) is 10.7. The maximum absolute atomic E-state index is 5.53. The van der Waals surface area contributed by atoms with Crippen molar-refractivity contribution in [3.8, 4) is 0 Å². The minimum absolute atomic E-state index is 0.584. The fourth-order valence-electron chi connectivity index (χ4n) is 1.52. The molecule has 1 aromatic carbocycles. The van der Waals surface area contributed by atoms with Crippen LogP contribution in [0.25, 0.3) is 0 Å². The molecule has 0 aliphatic carbocycles. The van der Waals surface area contributed by atoms with E-state index in [4.69, 9.17) is 5.73 Å². The molecular formula is C11H16N4. The molecule has 0 bridgehead atoms. The fourth-order valence-corrected chi connectivity index (χ4v) is 1.52. The summed E-state index contributed by atoms with van der Waals surface area (Å²) in [5.41, 5.74) is 7.73. The number of nitrogens with one attached hydrogen (secondary N) is 1. The van der Waals surface area contributed by atoms with E-state index in [2.05, 4.69) is 15.2 Å². The van der Waals surface area contributed by atoms with Gasteiger partial charge < -0.3 is 16.0 Å². The molecule has 3 N–H and O–H groups in total. The number of nitrogens with two attached hydrogens (primary N) is 1. The average Bonchev–Trinajstić information content (AvgIpc) is 2.66. The van der Waals surface area contributed by atoms with Crippen LogP contribution in [-0.4, -0.2) is 31.0 Å². The molecule has 0 atom stereocenters.